The number of nitrogens with zero attached hydrogens (tertiary/aromatic N) is 1. The molecule has 0 atom stereocenters. The number of rotatable bonds is 4. The maximum absolute atomic E-state index is 13.5. The maximum Gasteiger partial charge on any atom is 0.127 e. The average Bonchev–Trinajstić information content (AvgIpc) is 2.20. The highest BCUT2D eigenvalue weighted by Gasteiger charge is 2.26. The molecule has 3 heteroatoms. The Bertz CT molecular complexity index is 361. The van der Waals surface area contributed by atoms with Crippen LogP contribution in [0, 0.1) is 11.7 Å². The van der Waals surface area contributed by atoms with E-state index in [-0.39, 0.29) is 5.82 Å². The van der Waals surface area contributed by atoms with Crippen molar-refractivity contribution in [3.8, 4) is 0 Å². The fraction of sp³-hybridized carbons (Fsp3) is 0.538. The van der Waals surface area contributed by atoms with Crippen molar-refractivity contribution in [2.75, 3.05) is 13.1 Å². The topological polar surface area (TPSA) is 3.24 Å². The Kier molecular flexibility index (Phi) is 3.98. The lowest BCUT2D eigenvalue weighted by molar-refractivity contribution is 0.0847. The van der Waals surface area contributed by atoms with E-state index in [2.05, 4.69) is 27.8 Å². The van der Waals surface area contributed by atoms with E-state index in [0.717, 1.165) is 35.6 Å². The molecule has 0 N–H and O–H groups in total. The van der Waals surface area contributed by atoms with Crippen LogP contribution in [0.2, 0.25) is 0 Å². The molecule has 88 valence electrons. The lowest BCUT2D eigenvalue weighted by Gasteiger charge is -2.39. The van der Waals surface area contributed by atoms with Gasteiger partial charge >= 0.3 is 0 Å². The summed E-state index contributed by atoms with van der Waals surface area (Å²) < 4.78 is 14.4. The van der Waals surface area contributed by atoms with Crippen LogP contribution >= 0.6 is 15.9 Å². The van der Waals surface area contributed by atoms with Gasteiger partial charge in [-0.05, 0) is 30.5 Å². The summed E-state index contributed by atoms with van der Waals surface area (Å²) >= 11 is 3.38. The summed E-state index contributed by atoms with van der Waals surface area (Å²) in [6.45, 7) is 5.21. The van der Waals surface area contributed by atoms with Crippen LogP contribution in [-0.2, 0) is 6.54 Å². The van der Waals surface area contributed by atoms with E-state index in [0.29, 0.717) is 0 Å². The molecule has 1 aliphatic heterocycles. The predicted octanol–water partition coefficient (Wildman–Crippen LogP) is 3.82. The van der Waals surface area contributed by atoms with E-state index in [1.54, 1.807) is 6.07 Å². The van der Waals surface area contributed by atoms with Crippen molar-refractivity contribution in [3.05, 3.63) is 34.1 Å². The van der Waals surface area contributed by atoms with Gasteiger partial charge < -0.3 is 0 Å². The number of hydrogen-bond donors (Lipinski definition) is 0. The van der Waals surface area contributed by atoms with Crippen LogP contribution in [0.4, 0.5) is 4.39 Å². The number of benzene rings is 1. The second-order valence-corrected chi connectivity index (χ2v) is 5.50. The summed E-state index contributed by atoms with van der Waals surface area (Å²) in [5, 5.41) is 0. The van der Waals surface area contributed by atoms with Crippen molar-refractivity contribution in [2.45, 2.75) is 26.3 Å². The molecule has 1 saturated heterocycles. The van der Waals surface area contributed by atoms with Crippen molar-refractivity contribution in [1.82, 2.24) is 4.90 Å². The normalized spacial score (nSPS) is 17.4. The van der Waals surface area contributed by atoms with Crippen LogP contribution in [0.25, 0.3) is 0 Å². The molecule has 1 heterocycles. The third-order valence-electron chi connectivity index (χ3n) is 3.13. The second-order valence-electron chi connectivity index (χ2n) is 4.58. The fourth-order valence-electron chi connectivity index (χ4n) is 2.30. The van der Waals surface area contributed by atoms with Gasteiger partial charge in [-0.15, -0.1) is 0 Å². The molecule has 0 amide bonds. The van der Waals surface area contributed by atoms with E-state index in [1.807, 2.05) is 6.07 Å². The van der Waals surface area contributed by atoms with Crippen LogP contribution in [0.15, 0.2) is 22.7 Å². The summed E-state index contributed by atoms with van der Waals surface area (Å²) in [6, 6.07) is 5.15. The first kappa shape index (κ1) is 12.1. The van der Waals surface area contributed by atoms with Crippen molar-refractivity contribution >= 4 is 15.9 Å². The second kappa shape index (κ2) is 5.28. The molecule has 1 aromatic rings. The predicted molar refractivity (Wildman–Crippen MR) is 67.8 cm³/mol. The Morgan fingerprint density at radius 1 is 1.44 bits per heavy atom. The van der Waals surface area contributed by atoms with Crippen LogP contribution in [-0.4, -0.2) is 18.0 Å². The van der Waals surface area contributed by atoms with E-state index >= 15 is 0 Å². The van der Waals surface area contributed by atoms with Crippen molar-refractivity contribution in [3.63, 3.8) is 0 Å². The van der Waals surface area contributed by atoms with Gasteiger partial charge in [0.2, 0.25) is 0 Å². The molecule has 0 aliphatic carbocycles. The first-order valence-electron chi connectivity index (χ1n) is 5.85. The monoisotopic (exact) mass is 285 g/mol. The van der Waals surface area contributed by atoms with Gasteiger partial charge in [-0.25, -0.2) is 4.39 Å². The lowest BCUT2D eigenvalue weighted by atomic mass is 9.94. The van der Waals surface area contributed by atoms with E-state index in [4.69, 9.17) is 0 Å². The Morgan fingerprint density at radius 3 is 2.88 bits per heavy atom. The SMILES string of the molecule is CCCC1CN(Cc2cc(Br)ccc2F)C1. The zero-order valence-electron chi connectivity index (χ0n) is 9.55. The molecule has 16 heavy (non-hydrogen) atoms. The first-order chi connectivity index (χ1) is 7.69. The Balaban J connectivity index is 1.89. The highest BCUT2D eigenvalue weighted by atomic mass is 79.9. The molecule has 0 bridgehead atoms. The van der Waals surface area contributed by atoms with Crippen LogP contribution in [0.3, 0.4) is 0 Å². The third-order valence-corrected chi connectivity index (χ3v) is 3.62. The number of likely N-dealkylation sites (tertiary alicyclic amines) is 1. The summed E-state index contributed by atoms with van der Waals surface area (Å²) in [6.07, 6.45) is 2.56. The highest BCUT2D eigenvalue weighted by Crippen LogP contribution is 2.24. The molecule has 0 radical (unpaired) electrons. The summed E-state index contributed by atoms with van der Waals surface area (Å²) in [7, 11) is 0. The highest BCUT2D eigenvalue weighted by molar-refractivity contribution is 9.10. The molecule has 0 unspecified atom stereocenters. The fourth-order valence-corrected chi connectivity index (χ4v) is 2.71. The molecule has 0 saturated carbocycles. The minimum absolute atomic E-state index is 0.0952. The molecule has 1 aliphatic rings. The van der Waals surface area contributed by atoms with Crippen LogP contribution in [0.5, 0.6) is 0 Å². The van der Waals surface area contributed by atoms with Crippen LogP contribution in [0.1, 0.15) is 25.3 Å². The van der Waals surface area contributed by atoms with Crippen molar-refractivity contribution in [2.24, 2.45) is 5.92 Å². The molecule has 0 spiro atoms. The lowest BCUT2D eigenvalue weighted by Crippen LogP contribution is -2.45. The van der Waals surface area contributed by atoms with Gasteiger partial charge in [0.1, 0.15) is 5.82 Å². The average molecular weight is 286 g/mol. The van der Waals surface area contributed by atoms with Gasteiger partial charge in [-0.3, -0.25) is 4.90 Å². The van der Waals surface area contributed by atoms with Gasteiger partial charge in [0.05, 0.1) is 0 Å². The molecular formula is C13H17BrFN. The third kappa shape index (κ3) is 2.83. The molecule has 2 rings (SSSR count). The Hall–Kier alpha value is -0.410. The van der Waals surface area contributed by atoms with E-state index in [9.17, 15) is 4.39 Å². The van der Waals surface area contributed by atoms with Gasteiger partial charge in [-0.2, -0.15) is 0 Å². The van der Waals surface area contributed by atoms with Crippen LogP contribution < -0.4 is 0 Å². The smallest absolute Gasteiger partial charge is 0.127 e. The summed E-state index contributed by atoms with van der Waals surface area (Å²) in [5.41, 5.74) is 0.796. The van der Waals surface area contributed by atoms with Crippen molar-refractivity contribution < 1.29 is 4.39 Å². The van der Waals surface area contributed by atoms with Gasteiger partial charge in [-0.1, -0.05) is 29.3 Å². The van der Waals surface area contributed by atoms with Gasteiger partial charge in [0.15, 0.2) is 0 Å². The van der Waals surface area contributed by atoms with E-state index < -0.39 is 0 Å². The molecule has 1 nitrogen and oxygen atoms in total. The minimum atomic E-state index is -0.0952. The number of halogens is 2. The quantitative estimate of drug-likeness (QED) is 0.813. The zero-order chi connectivity index (χ0) is 11.5. The maximum atomic E-state index is 13.5. The molecule has 1 fully saturated rings. The largest absolute Gasteiger partial charge is 0.298 e. The van der Waals surface area contributed by atoms with Crippen molar-refractivity contribution in [1.29, 1.82) is 0 Å². The Morgan fingerprint density at radius 2 is 2.19 bits per heavy atom. The molecular weight excluding hydrogens is 269 g/mol. The van der Waals surface area contributed by atoms with E-state index in [1.165, 1.54) is 18.9 Å². The minimum Gasteiger partial charge on any atom is -0.298 e. The zero-order valence-corrected chi connectivity index (χ0v) is 11.1. The summed E-state index contributed by atoms with van der Waals surface area (Å²) in [4.78, 5) is 2.31. The van der Waals surface area contributed by atoms with Gasteiger partial charge in [0, 0.05) is 29.7 Å². The molecule has 0 aromatic heterocycles. The Labute approximate surface area is 105 Å². The first-order valence-corrected chi connectivity index (χ1v) is 6.64. The standard InChI is InChI=1S/C13H17BrFN/c1-2-3-10-7-16(8-10)9-11-6-12(14)4-5-13(11)15/h4-6,10H,2-3,7-9H2,1H3. The summed E-state index contributed by atoms with van der Waals surface area (Å²) in [5.74, 6) is 0.738. The van der Waals surface area contributed by atoms with Gasteiger partial charge in [0.25, 0.3) is 0 Å². The molecule has 1 aromatic carbocycles. The number of hydrogen-bond acceptors (Lipinski definition) is 1.